The molecule has 0 radical (unpaired) electrons. The number of hydrogen-bond donors (Lipinski definition) is 0. The standard InChI is InChI=1S/C27H16NO3P/c1-2-8-20-18(7-1)17(15-16-28-20)19-13-14-24-27-26(19)30-23-11-5-6-12-25(23)32(27)31-22-10-4-3-9-21(22)29-24/h1-16H. The summed E-state index contributed by atoms with van der Waals surface area (Å²) in [6.07, 6.45) is 1.85. The van der Waals surface area contributed by atoms with Gasteiger partial charge in [-0.3, -0.25) is 4.98 Å². The molecule has 7 rings (SSSR count). The average molecular weight is 433 g/mol. The molecule has 2 aromatic heterocycles. The monoisotopic (exact) mass is 433 g/mol. The molecule has 1 aliphatic rings. The normalized spacial score (nSPS) is 12.6. The number of rotatable bonds is 1. The highest BCUT2D eigenvalue weighted by Crippen LogP contribution is 2.60. The minimum atomic E-state index is -1.16. The first kappa shape index (κ1) is 17.6. The van der Waals surface area contributed by atoms with E-state index >= 15 is 0 Å². The molecule has 0 aliphatic carbocycles. The SMILES string of the molecule is c1ccc2c(c1)Oc1c(-c3ccnc4ccccc34)ccc3oc4ccccc4op-2c13. The van der Waals surface area contributed by atoms with Crippen molar-refractivity contribution in [2.24, 2.45) is 0 Å². The smallest absolute Gasteiger partial charge is 0.173 e. The van der Waals surface area contributed by atoms with Gasteiger partial charge >= 0.3 is 0 Å². The lowest BCUT2D eigenvalue weighted by Crippen LogP contribution is -1.95. The fraction of sp³-hybridized carbons (Fsp3) is 0. The van der Waals surface area contributed by atoms with E-state index in [2.05, 4.69) is 23.2 Å². The van der Waals surface area contributed by atoms with E-state index in [0.29, 0.717) is 5.58 Å². The first-order valence-electron chi connectivity index (χ1n) is 10.4. The van der Waals surface area contributed by atoms with Gasteiger partial charge in [0.25, 0.3) is 0 Å². The van der Waals surface area contributed by atoms with Gasteiger partial charge in [-0.15, -0.1) is 0 Å². The molecule has 4 aromatic carbocycles. The third-order valence-corrected chi connectivity index (χ3v) is 7.81. The molecule has 0 bridgehead atoms. The molecule has 0 fully saturated rings. The van der Waals surface area contributed by atoms with Crippen LogP contribution in [0.4, 0.5) is 0 Å². The van der Waals surface area contributed by atoms with Gasteiger partial charge < -0.3 is 13.4 Å². The summed E-state index contributed by atoms with van der Waals surface area (Å²) in [5.41, 5.74) is 5.25. The largest absolute Gasteiger partial charge is 0.454 e. The van der Waals surface area contributed by atoms with Crippen LogP contribution >= 0.6 is 7.77 Å². The molecular formula is C27H16NO3P. The lowest BCUT2D eigenvalue weighted by molar-refractivity contribution is 0.491. The van der Waals surface area contributed by atoms with Crippen molar-refractivity contribution in [2.45, 2.75) is 0 Å². The zero-order valence-corrected chi connectivity index (χ0v) is 17.8. The molecule has 1 atom stereocenters. The van der Waals surface area contributed by atoms with Crippen molar-refractivity contribution in [3.8, 4) is 27.9 Å². The molecule has 1 unspecified atom stereocenters. The number of aromatic nitrogens is 1. The Labute approximate surface area is 184 Å². The number of nitrogens with zero attached hydrogens (tertiary/aromatic N) is 1. The summed E-state index contributed by atoms with van der Waals surface area (Å²) in [4.78, 5) is 4.53. The molecular weight excluding hydrogens is 417 g/mol. The summed E-state index contributed by atoms with van der Waals surface area (Å²) >= 11 is 0. The Bertz CT molecular complexity index is 1720. The molecule has 5 heteroatoms. The second kappa shape index (κ2) is 6.74. The number of pyridine rings is 1. The van der Waals surface area contributed by atoms with Crippen LogP contribution in [0.5, 0.6) is 11.5 Å². The van der Waals surface area contributed by atoms with Gasteiger partial charge in [0.1, 0.15) is 16.5 Å². The van der Waals surface area contributed by atoms with Crippen molar-refractivity contribution in [2.75, 3.05) is 0 Å². The lowest BCUT2D eigenvalue weighted by atomic mass is 10.0. The summed E-state index contributed by atoms with van der Waals surface area (Å²) in [5.74, 6) is 1.61. The Morgan fingerprint density at radius 1 is 0.656 bits per heavy atom. The molecule has 0 saturated heterocycles. The molecule has 6 aromatic rings. The molecule has 152 valence electrons. The average Bonchev–Trinajstić information content (AvgIpc) is 3.02. The van der Waals surface area contributed by atoms with Crippen LogP contribution in [0.15, 0.2) is 106 Å². The van der Waals surface area contributed by atoms with Gasteiger partial charge in [0.05, 0.1) is 18.6 Å². The van der Waals surface area contributed by atoms with Crippen molar-refractivity contribution < 1.29 is 13.4 Å². The van der Waals surface area contributed by atoms with Crippen LogP contribution in [0.2, 0.25) is 0 Å². The molecule has 0 spiro atoms. The zero-order valence-electron chi connectivity index (χ0n) is 16.9. The fourth-order valence-corrected chi connectivity index (χ4v) is 6.33. The van der Waals surface area contributed by atoms with Gasteiger partial charge in [-0.05, 0) is 54.1 Å². The Morgan fingerprint density at radius 3 is 2.44 bits per heavy atom. The molecule has 1 aliphatic heterocycles. The van der Waals surface area contributed by atoms with Crippen LogP contribution in [-0.2, 0) is 0 Å². The van der Waals surface area contributed by atoms with Crippen LogP contribution in [0.3, 0.4) is 0 Å². The summed E-state index contributed by atoms with van der Waals surface area (Å²) in [7, 11) is -1.16. The lowest BCUT2D eigenvalue weighted by Gasteiger charge is -2.21. The van der Waals surface area contributed by atoms with Gasteiger partial charge in [-0.1, -0.05) is 42.5 Å². The minimum absolute atomic E-state index is 0.714. The highest BCUT2D eigenvalue weighted by Gasteiger charge is 2.26. The Hall–Kier alpha value is -4.01. The van der Waals surface area contributed by atoms with Crippen LogP contribution in [0.1, 0.15) is 0 Å². The number of fused-ring (bicyclic) bond motifs is 4. The zero-order chi connectivity index (χ0) is 21.1. The van der Waals surface area contributed by atoms with Crippen LogP contribution in [0.25, 0.3) is 49.2 Å². The van der Waals surface area contributed by atoms with Crippen molar-refractivity contribution >= 4 is 40.5 Å². The van der Waals surface area contributed by atoms with E-state index in [1.54, 1.807) is 0 Å². The highest BCUT2D eigenvalue weighted by atomic mass is 31.1. The summed E-state index contributed by atoms with van der Waals surface area (Å²) in [5, 5.41) is 3.10. The van der Waals surface area contributed by atoms with E-state index in [-0.39, 0.29) is 0 Å². The van der Waals surface area contributed by atoms with E-state index in [1.165, 1.54) is 0 Å². The molecule has 0 amide bonds. The van der Waals surface area contributed by atoms with E-state index in [4.69, 9.17) is 13.4 Å². The Morgan fingerprint density at radius 2 is 1.47 bits per heavy atom. The van der Waals surface area contributed by atoms with Gasteiger partial charge in [0.15, 0.2) is 16.9 Å². The minimum Gasteiger partial charge on any atom is -0.454 e. The maximum absolute atomic E-state index is 6.62. The Kier molecular flexibility index (Phi) is 3.72. The Balaban J connectivity index is 1.67. The first-order chi connectivity index (χ1) is 15.9. The summed E-state index contributed by atoms with van der Waals surface area (Å²) in [6.45, 7) is 0. The van der Waals surface area contributed by atoms with Gasteiger partial charge in [0, 0.05) is 17.1 Å². The second-order valence-corrected chi connectivity index (χ2v) is 9.37. The van der Waals surface area contributed by atoms with E-state index in [0.717, 1.165) is 55.1 Å². The predicted molar refractivity (Wildman–Crippen MR) is 128 cm³/mol. The second-order valence-electron chi connectivity index (χ2n) is 7.67. The molecule has 0 saturated carbocycles. The van der Waals surface area contributed by atoms with E-state index in [1.807, 2.05) is 79.0 Å². The molecule has 32 heavy (non-hydrogen) atoms. The number of benzene rings is 4. The third kappa shape index (κ3) is 2.54. The predicted octanol–water partition coefficient (Wildman–Crippen LogP) is 8.60. The fourth-order valence-electron chi connectivity index (χ4n) is 4.34. The maximum Gasteiger partial charge on any atom is 0.173 e. The third-order valence-electron chi connectivity index (χ3n) is 5.79. The van der Waals surface area contributed by atoms with Crippen LogP contribution < -0.4 is 4.74 Å². The van der Waals surface area contributed by atoms with E-state index in [9.17, 15) is 0 Å². The quantitative estimate of drug-likeness (QED) is 0.260. The van der Waals surface area contributed by atoms with Crippen LogP contribution in [-0.4, -0.2) is 4.98 Å². The number of para-hydroxylation sites is 4. The van der Waals surface area contributed by atoms with Crippen molar-refractivity contribution in [3.63, 3.8) is 0 Å². The van der Waals surface area contributed by atoms with Crippen LogP contribution in [0, 0.1) is 0 Å². The van der Waals surface area contributed by atoms with Crippen molar-refractivity contribution in [1.29, 1.82) is 0 Å². The van der Waals surface area contributed by atoms with Crippen molar-refractivity contribution in [1.82, 2.24) is 4.98 Å². The van der Waals surface area contributed by atoms with Crippen molar-refractivity contribution in [3.05, 3.63) is 97.2 Å². The number of ether oxygens (including phenoxy) is 1. The summed E-state index contributed by atoms with van der Waals surface area (Å²) < 4.78 is 19.5. The highest BCUT2D eigenvalue weighted by molar-refractivity contribution is 7.57. The van der Waals surface area contributed by atoms with Gasteiger partial charge in [0.2, 0.25) is 0 Å². The molecule has 3 heterocycles. The summed E-state index contributed by atoms with van der Waals surface area (Å²) in [6, 6.07) is 30.2. The first-order valence-corrected chi connectivity index (χ1v) is 11.7. The number of hydrogen-bond acceptors (Lipinski definition) is 4. The molecule has 0 N–H and O–H groups in total. The van der Waals surface area contributed by atoms with E-state index < -0.39 is 7.77 Å². The van der Waals surface area contributed by atoms with Gasteiger partial charge in [-0.2, -0.15) is 0 Å². The maximum atomic E-state index is 6.62. The topological polar surface area (TPSA) is 48.4 Å². The molecule has 4 nitrogen and oxygen atoms in total. The van der Waals surface area contributed by atoms with Gasteiger partial charge in [-0.25, -0.2) is 0 Å².